The zero-order valence-corrected chi connectivity index (χ0v) is 37.8. The highest BCUT2D eigenvalue weighted by Crippen LogP contribution is 2.54. The van der Waals surface area contributed by atoms with Crippen LogP contribution in [0.3, 0.4) is 0 Å². The van der Waals surface area contributed by atoms with Crippen molar-refractivity contribution in [2.45, 2.75) is 122 Å². The van der Waals surface area contributed by atoms with Gasteiger partial charge >= 0.3 is 0 Å². The van der Waals surface area contributed by atoms with Crippen molar-refractivity contribution in [2.24, 2.45) is 88.6 Å². The second-order valence-electron chi connectivity index (χ2n) is 22.9. The maximum Gasteiger partial charge on any atom is 0.146 e. The lowest BCUT2D eigenvalue weighted by atomic mass is 9.55. The smallest absolute Gasteiger partial charge is 0.146 e. The minimum Gasteiger partial charge on any atom is -0.355 e. The lowest BCUT2D eigenvalue weighted by Crippen LogP contribution is -2.56. The van der Waals surface area contributed by atoms with Gasteiger partial charge in [-0.25, -0.2) is 0 Å². The van der Waals surface area contributed by atoms with Gasteiger partial charge in [0.2, 0.25) is 0 Å². The van der Waals surface area contributed by atoms with Crippen LogP contribution in [0.1, 0.15) is 122 Å². The van der Waals surface area contributed by atoms with Crippen molar-refractivity contribution < 1.29 is 28.4 Å². The Balaban J connectivity index is 2.93. The minimum absolute atomic E-state index is 0.0449. The minimum atomic E-state index is -0.545. The Morgan fingerprint density at radius 3 is 0.891 bits per heavy atom. The lowest BCUT2D eigenvalue weighted by molar-refractivity contribution is -0.179. The summed E-state index contributed by atoms with van der Waals surface area (Å²) in [5.74, 6) is 0. The normalized spacial score (nSPS) is 35.5. The Labute approximate surface area is 337 Å². The van der Waals surface area contributed by atoms with Crippen LogP contribution in [-0.2, 0) is 28.4 Å². The molecule has 12 heteroatoms. The van der Waals surface area contributed by atoms with Gasteiger partial charge in [0.1, 0.15) is 20.4 Å². The summed E-state index contributed by atoms with van der Waals surface area (Å²) in [5, 5.41) is 0. The molecule has 0 aromatic carbocycles. The first-order chi connectivity index (χ1) is 25.2. The number of nitrogens with two attached hydrogens (primary N) is 6. The zero-order chi connectivity index (χ0) is 42.1. The molecule has 55 heavy (non-hydrogen) atoms. The van der Waals surface area contributed by atoms with Crippen molar-refractivity contribution >= 4 is 0 Å². The van der Waals surface area contributed by atoms with Crippen molar-refractivity contribution in [2.75, 3.05) is 99.3 Å². The average Bonchev–Trinajstić information content (AvgIpc) is 3.06. The highest BCUT2D eigenvalue weighted by Gasteiger charge is 2.53. The molecule has 2 saturated heterocycles. The summed E-state index contributed by atoms with van der Waals surface area (Å²) in [7, 11) is 0. The maximum atomic E-state index is 6.92. The fourth-order valence-corrected chi connectivity index (χ4v) is 10.4. The molecule has 0 radical (unpaired) electrons. The average molecular weight is 787 g/mol. The molecule has 6 atom stereocenters. The van der Waals surface area contributed by atoms with Crippen LogP contribution in [0.4, 0.5) is 0 Å². The van der Waals surface area contributed by atoms with Gasteiger partial charge in [-0.2, -0.15) is 0 Å². The molecule has 12 nitrogen and oxygen atoms in total. The Morgan fingerprint density at radius 2 is 0.655 bits per heavy atom. The molecule has 0 aromatic heterocycles. The van der Waals surface area contributed by atoms with E-state index in [0.29, 0.717) is 105 Å². The first-order valence-electron chi connectivity index (χ1n) is 20.9. The fraction of sp³-hybridized carbons (Fsp3) is 1.00. The number of ether oxygens (including phenoxy) is 6. The van der Waals surface area contributed by atoms with Crippen molar-refractivity contribution in [3.63, 3.8) is 0 Å². The van der Waals surface area contributed by atoms with E-state index in [4.69, 9.17) is 62.8 Å². The van der Waals surface area contributed by atoms with Crippen molar-refractivity contribution in [1.82, 2.24) is 0 Å². The monoisotopic (exact) mass is 787 g/mol. The van der Waals surface area contributed by atoms with Crippen LogP contribution < -0.4 is 34.4 Å². The van der Waals surface area contributed by atoms with Gasteiger partial charge in [0.05, 0.1) is 39.6 Å². The number of hydrogen-bond acceptors (Lipinski definition) is 12. The summed E-state index contributed by atoms with van der Waals surface area (Å²) in [6, 6.07) is 0. The van der Waals surface area contributed by atoms with Gasteiger partial charge in [0.25, 0.3) is 0 Å². The van der Waals surface area contributed by atoms with Crippen LogP contribution >= 0.6 is 0 Å². The van der Waals surface area contributed by atoms with E-state index in [1.807, 2.05) is 0 Å². The van der Waals surface area contributed by atoms with E-state index < -0.39 is 32.5 Å². The van der Waals surface area contributed by atoms with Gasteiger partial charge in [-0.3, -0.25) is 0 Å². The van der Waals surface area contributed by atoms with Crippen LogP contribution in [0.25, 0.3) is 0 Å². The predicted molar refractivity (Wildman–Crippen MR) is 225 cm³/mol. The molecule has 6 unspecified atom stereocenters. The predicted octanol–water partition coefficient (Wildman–Crippen LogP) is 5.18. The quantitative estimate of drug-likeness (QED) is 0.188. The van der Waals surface area contributed by atoms with Crippen molar-refractivity contribution in [3.05, 3.63) is 0 Å². The first kappa shape index (κ1) is 50.7. The SMILES string of the molecule is CC(C)(C)CC1(CN)COCOCC(CN)(CC(C)(C)C)CC2(CN)COCOCC(CN)(C1)CC(CN)(C(C)(C)C)COCOCC(CN)(C(C)(C)C)C2. The third-order valence-corrected chi connectivity index (χ3v) is 13.3. The first-order valence-corrected chi connectivity index (χ1v) is 20.9. The molecule has 0 aliphatic carbocycles. The van der Waals surface area contributed by atoms with Crippen LogP contribution in [0, 0.1) is 54.1 Å². The molecule has 2 aliphatic rings. The van der Waals surface area contributed by atoms with Crippen molar-refractivity contribution in [1.29, 1.82) is 0 Å². The molecular formula is C43H90N6O6. The van der Waals surface area contributed by atoms with Crippen LogP contribution in [0.15, 0.2) is 0 Å². The molecule has 0 aromatic rings. The topological polar surface area (TPSA) is 212 Å². The zero-order valence-electron chi connectivity index (χ0n) is 37.8. The lowest BCUT2D eigenvalue weighted by Gasteiger charge is -2.53. The summed E-state index contributed by atoms with van der Waals surface area (Å²) >= 11 is 0. The highest BCUT2D eigenvalue weighted by atomic mass is 16.7. The molecule has 0 spiro atoms. The summed E-state index contributed by atoms with van der Waals surface area (Å²) < 4.78 is 39.5. The third kappa shape index (κ3) is 13.8. The van der Waals surface area contributed by atoms with Crippen molar-refractivity contribution in [3.8, 4) is 0 Å². The molecule has 2 heterocycles. The molecule has 0 amide bonds. The summed E-state index contributed by atoms with van der Waals surface area (Å²) in [6.45, 7) is 31.7. The van der Waals surface area contributed by atoms with Gasteiger partial charge in [-0.1, -0.05) is 83.1 Å². The molecular weight excluding hydrogens is 697 g/mol. The number of rotatable bonds is 8. The van der Waals surface area contributed by atoms with Gasteiger partial charge in [-0.05, 0) is 60.2 Å². The summed E-state index contributed by atoms with van der Waals surface area (Å²) in [6.07, 6.45) is 4.24. The standard InChI is InChI=1S/C43H90N6O6/c1-34(2,3)13-38(19-44)15-40(21-46)17-42(23-48,36(7,8)9)29-54-33-55-30-43(24-49,37(10,11)12)18-41(22-47,28-53-32-52-27-40)16-39(20-45,14-35(4,5)6)26-51-31-50-25-38/h13-33,44-49H2,1-12H3. The second-order valence-corrected chi connectivity index (χ2v) is 22.9. The van der Waals surface area contributed by atoms with Gasteiger partial charge < -0.3 is 62.8 Å². The van der Waals surface area contributed by atoms with Crippen LogP contribution in [-0.4, -0.2) is 99.3 Å². The Kier molecular flexibility index (Phi) is 18.2. The second kappa shape index (κ2) is 19.7. The van der Waals surface area contributed by atoms with Gasteiger partial charge in [0.15, 0.2) is 0 Å². The highest BCUT2D eigenvalue weighted by molar-refractivity contribution is 5.04. The molecule has 12 N–H and O–H groups in total. The van der Waals surface area contributed by atoms with E-state index in [9.17, 15) is 0 Å². The van der Waals surface area contributed by atoms with E-state index in [1.54, 1.807) is 0 Å². The van der Waals surface area contributed by atoms with Gasteiger partial charge in [-0.15, -0.1) is 0 Å². The number of hydrogen-bond donors (Lipinski definition) is 6. The molecule has 2 fully saturated rings. The van der Waals surface area contributed by atoms with E-state index in [-0.39, 0.29) is 42.0 Å². The fourth-order valence-electron chi connectivity index (χ4n) is 10.4. The Morgan fingerprint density at radius 1 is 0.364 bits per heavy atom. The summed E-state index contributed by atoms with van der Waals surface area (Å²) in [4.78, 5) is 0. The van der Waals surface area contributed by atoms with E-state index in [2.05, 4.69) is 83.1 Å². The van der Waals surface area contributed by atoms with E-state index >= 15 is 0 Å². The van der Waals surface area contributed by atoms with E-state index in [1.165, 1.54) is 0 Å². The largest absolute Gasteiger partial charge is 0.355 e. The molecule has 2 rings (SSSR count). The molecule has 2 bridgehead atoms. The molecule has 0 saturated carbocycles. The Bertz CT molecular complexity index is 1050. The molecule has 2 aliphatic heterocycles. The van der Waals surface area contributed by atoms with Gasteiger partial charge in [0, 0.05) is 71.8 Å². The Hall–Kier alpha value is -0.480. The maximum absolute atomic E-state index is 6.92. The van der Waals surface area contributed by atoms with Crippen LogP contribution in [0.5, 0.6) is 0 Å². The van der Waals surface area contributed by atoms with Crippen LogP contribution in [0.2, 0.25) is 0 Å². The molecule has 328 valence electrons. The number of fused-ring (bicyclic) bond motifs is 6. The van der Waals surface area contributed by atoms with E-state index in [0.717, 1.165) is 12.8 Å². The third-order valence-electron chi connectivity index (χ3n) is 13.3. The summed E-state index contributed by atoms with van der Waals surface area (Å²) in [5.41, 5.74) is 37.6.